The molecule has 6 heteroatoms. The van der Waals surface area contributed by atoms with Gasteiger partial charge in [0.2, 0.25) is 5.91 Å². The van der Waals surface area contributed by atoms with Gasteiger partial charge in [-0.3, -0.25) is 10.2 Å². The Morgan fingerprint density at radius 1 is 1.15 bits per heavy atom. The van der Waals surface area contributed by atoms with Crippen molar-refractivity contribution in [3.8, 4) is 0 Å². The van der Waals surface area contributed by atoms with E-state index in [-0.39, 0.29) is 17.0 Å². The molecule has 2 aromatic carbocycles. The van der Waals surface area contributed by atoms with Crippen molar-refractivity contribution >= 4 is 34.0 Å². The summed E-state index contributed by atoms with van der Waals surface area (Å²) >= 11 is 0. The van der Waals surface area contributed by atoms with Gasteiger partial charge in [-0.25, -0.2) is 0 Å². The molecule has 0 saturated heterocycles. The molecule has 1 amide bonds. The SMILES string of the molecule is CC(C)(C)[C@@H](N)C(=O)Nc1ccc(N)c(C(=N)c2cc3ccccc3o2)c1. The van der Waals surface area contributed by atoms with Gasteiger partial charge in [0.15, 0.2) is 5.76 Å². The highest BCUT2D eigenvalue weighted by Crippen LogP contribution is 2.26. The predicted molar refractivity (Wildman–Crippen MR) is 109 cm³/mol. The van der Waals surface area contributed by atoms with E-state index in [0.29, 0.717) is 28.3 Å². The number of nitrogens with one attached hydrogen (secondary N) is 2. The standard InChI is InChI=1S/C21H24N4O2/c1-21(2,3)19(24)20(26)25-13-8-9-15(22)14(11-13)18(23)17-10-12-6-4-5-7-16(12)27-17/h4-11,19,23H,22,24H2,1-3H3,(H,25,26)/t19-/m0/s1. The van der Waals surface area contributed by atoms with Crippen molar-refractivity contribution in [1.29, 1.82) is 5.41 Å². The zero-order valence-electron chi connectivity index (χ0n) is 15.7. The fourth-order valence-electron chi connectivity index (χ4n) is 2.70. The van der Waals surface area contributed by atoms with Crippen molar-refractivity contribution < 1.29 is 9.21 Å². The maximum Gasteiger partial charge on any atom is 0.241 e. The third-order valence-electron chi connectivity index (χ3n) is 4.48. The second-order valence-corrected chi connectivity index (χ2v) is 7.66. The first-order valence-electron chi connectivity index (χ1n) is 8.70. The van der Waals surface area contributed by atoms with Gasteiger partial charge in [0.25, 0.3) is 0 Å². The average molecular weight is 364 g/mol. The van der Waals surface area contributed by atoms with Crippen molar-refractivity contribution in [2.75, 3.05) is 11.1 Å². The number of benzene rings is 2. The Labute approximate surface area is 158 Å². The number of hydrogen-bond acceptors (Lipinski definition) is 5. The number of para-hydroxylation sites is 1. The number of rotatable bonds is 4. The summed E-state index contributed by atoms with van der Waals surface area (Å²) in [6.45, 7) is 5.72. The van der Waals surface area contributed by atoms with Crippen LogP contribution in [0.15, 0.2) is 52.9 Å². The maximum absolute atomic E-state index is 12.4. The Hall–Kier alpha value is -3.12. The molecular formula is C21H24N4O2. The summed E-state index contributed by atoms with van der Waals surface area (Å²) in [6.07, 6.45) is 0. The van der Waals surface area contributed by atoms with Gasteiger partial charge in [-0.2, -0.15) is 0 Å². The van der Waals surface area contributed by atoms with Gasteiger partial charge in [0, 0.05) is 22.3 Å². The smallest absolute Gasteiger partial charge is 0.241 e. The first kappa shape index (κ1) is 18.7. The maximum atomic E-state index is 12.4. The van der Waals surface area contributed by atoms with E-state index < -0.39 is 6.04 Å². The Bertz CT molecular complexity index is 981. The van der Waals surface area contributed by atoms with Gasteiger partial charge in [0.05, 0.1) is 6.04 Å². The molecule has 0 unspecified atom stereocenters. The van der Waals surface area contributed by atoms with Gasteiger partial charge >= 0.3 is 0 Å². The van der Waals surface area contributed by atoms with Crippen molar-refractivity contribution in [3.05, 3.63) is 59.9 Å². The molecule has 0 aliphatic rings. The van der Waals surface area contributed by atoms with Crippen molar-refractivity contribution in [3.63, 3.8) is 0 Å². The third-order valence-corrected chi connectivity index (χ3v) is 4.48. The van der Waals surface area contributed by atoms with Crippen LogP contribution in [0.4, 0.5) is 11.4 Å². The number of nitrogens with two attached hydrogens (primary N) is 2. The van der Waals surface area contributed by atoms with Crippen LogP contribution in [0.1, 0.15) is 32.1 Å². The van der Waals surface area contributed by atoms with Crippen molar-refractivity contribution in [2.24, 2.45) is 11.1 Å². The molecule has 0 spiro atoms. The van der Waals surface area contributed by atoms with Crippen LogP contribution in [-0.4, -0.2) is 17.7 Å². The summed E-state index contributed by atoms with van der Waals surface area (Å²) < 4.78 is 5.76. The topological polar surface area (TPSA) is 118 Å². The number of anilines is 2. The van der Waals surface area contributed by atoms with Crippen LogP contribution in [0.2, 0.25) is 0 Å². The van der Waals surface area contributed by atoms with Gasteiger partial charge in [-0.1, -0.05) is 39.0 Å². The van der Waals surface area contributed by atoms with Crippen LogP contribution >= 0.6 is 0 Å². The van der Waals surface area contributed by atoms with Crippen LogP contribution in [0.5, 0.6) is 0 Å². The summed E-state index contributed by atoms with van der Waals surface area (Å²) in [4.78, 5) is 12.4. The fourth-order valence-corrected chi connectivity index (χ4v) is 2.70. The Balaban J connectivity index is 1.89. The Morgan fingerprint density at radius 3 is 2.52 bits per heavy atom. The Morgan fingerprint density at radius 2 is 1.85 bits per heavy atom. The molecule has 27 heavy (non-hydrogen) atoms. The zero-order chi connectivity index (χ0) is 19.8. The molecule has 1 atom stereocenters. The lowest BCUT2D eigenvalue weighted by atomic mass is 9.87. The zero-order valence-corrected chi connectivity index (χ0v) is 15.7. The van der Waals surface area contributed by atoms with E-state index in [1.807, 2.05) is 45.0 Å². The lowest BCUT2D eigenvalue weighted by Gasteiger charge is -2.26. The average Bonchev–Trinajstić information content (AvgIpc) is 3.05. The van der Waals surface area contributed by atoms with E-state index in [1.54, 1.807) is 24.3 Å². The minimum atomic E-state index is -0.659. The number of furan rings is 1. The predicted octanol–water partition coefficient (Wildman–Crippen LogP) is 3.74. The lowest BCUT2D eigenvalue weighted by Crippen LogP contribution is -2.45. The molecule has 0 aliphatic heterocycles. The minimum Gasteiger partial charge on any atom is -0.454 e. The van der Waals surface area contributed by atoms with Crippen LogP contribution < -0.4 is 16.8 Å². The number of hydrogen-bond donors (Lipinski definition) is 4. The molecule has 1 aromatic heterocycles. The second kappa shape index (κ2) is 6.89. The van der Waals surface area contributed by atoms with Gasteiger partial charge < -0.3 is 21.2 Å². The fraction of sp³-hybridized carbons (Fsp3) is 0.238. The second-order valence-electron chi connectivity index (χ2n) is 7.66. The molecule has 0 aliphatic carbocycles. The van der Waals surface area contributed by atoms with E-state index in [0.717, 1.165) is 5.39 Å². The number of carbonyl (C=O) groups is 1. The highest BCUT2D eigenvalue weighted by atomic mass is 16.3. The quantitative estimate of drug-likeness (QED) is 0.416. The molecule has 0 fully saturated rings. The van der Waals surface area contributed by atoms with Crippen LogP contribution in [0, 0.1) is 10.8 Å². The van der Waals surface area contributed by atoms with E-state index in [4.69, 9.17) is 21.3 Å². The van der Waals surface area contributed by atoms with E-state index >= 15 is 0 Å². The van der Waals surface area contributed by atoms with Gasteiger partial charge in [-0.05, 0) is 35.7 Å². The minimum absolute atomic E-state index is 0.153. The molecule has 1 heterocycles. The summed E-state index contributed by atoms with van der Waals surface area (Å²) in [6, 6.07) is 13.7. The van der Waals surface area contributed by atoms with E-state index in [1.165, 1.54) is 0 Å². The van der Waals surface area contributed by atoms with Gasteiger partial charge in [0.1, 0.15) is 11.3 Å². The highest BCUT2D eigenvalue weighted by molar-refractivity contribution is 6.14. The van der Waals surface area contributed by atoms with Crippen LogP contribution in [-0.2, 0) is 4.79 Å². The molecule has 6 nitrogen and oxygen atoms in total. The largest absolute Gasteiger partial charge is 0.454 e. The Kier molecular flexibility index (Phi) is 4.76. The molecule has 3 aromatic rings. The summed E-state index contributed by atoms with van der Waals surface area (Å²) in [5.41, 5.74) is 14.0. The number of nitrogen functional groups attached to an aromatic ring is 1. The van der Waals surface area contributed by atoms with E-state index in [9.17, 15) is 4.79 Å². The molecule has 0 bridgehead atoms. The molecule has 6 N–H and O–H groups in total. The normalized spacial score (nSPS) is 12.7. The first-order chi connectivity index (χ1) is 12.7. The van der Waals surface area contributed by atoms with Gasteiger partial charge in [-0.15, -0.1) is 0 Å². The van der Waals surface area contributed by atoms with E-state index in [2.05, 4.69) is 5.32 Å². The number of fused-ring (bicyclic) bond motifs is 1. The molecule has 0 radical (unpaired) electrons. The monoisotopic (exact) mass is 364 g/mol. The third kappa shape index (κ3) is 3.85. The number of amides is 1. The summed E-state index contributed by atoms with van der Waals surface area (Å²) in [7, 11) is 0. The van der Waals surface area contributed by atoms with Crippen LogP contribution in [0.25, 0.3) is 11.0 Å². The molecule has 140 valence electrons. The highest BCUT2D eigenvalue weighted by Gasteiger charge is 2.27. The van der Waals surface area contributed by atoms with Crippen molar-refractivity contribution in [2.45, 2.75) is 26.8 Å². The molecule has 3 rings (SSSR count). The lowest BCUT2D eigenvalue weighted by molar-refractivity contribution is -0.119. The summed E-state index contributed by atoms with van der Waals surface area (Å²) in [5.74, 6) is 0.131. The summed E-state index contributed by atoms with van der Waals surface area (Å²) in [5, 5.41) is 12.2. The van der Waals surface area contributed by atoms with Crippen LogP contribution in [0.3, 0.4) is 0 Å². The van der Waals surface area contributed by atoms with Crippen molar-refractivity contribution in [1.82, 2.24) is 0 Å². The molecule has 0 saturated carbocycles. The number of carbonyl (C=O) groups excluding carboxylic acids is 1. The first-order valence-corrected chi connectivity index (χ1v) is 8.70. The molecular weight excluding hydrogens is 340 g/mol.